The molecule has 3 N–H and O–H groups in total. The summed E-state index contributed by atoms with van der Waals surface area (Å²) in [5.41, 5.74) is 8.45. The Labute approximate surface area is 157 Å². The van der Waals surface area contributed by atoms with E-state index in [1.54, 1.807) is 0 Å². The molecule has 0 amide bonds. The molecule has 3 nitrogen and oxygen atoms in total. The van der Waals surface area contributed by atoms with Crippen molar-refractivity contribution in [2.45, 2.75) is 20.8 Å². The minimum absolute atomic E-state index is 0.750. The number of hydrogen-bond acceptors (Lipinski definition) is 2. The fourth-order valence-electron chi connectivity index (χ4n) is 2.48. The number of aryl methyl sites for hydroxylation is 3. The van der Waals surface area contributed by atoms with Crippen LogP contribution in [0.3, 0.4) is 0 Å². The van der Waals surface area contributed by atoms with Crippen molar-refractivity contribution in [2.24, 2.45) is 5.73 Å². The van der Waals surface area contributed by atoms with Crippen LogP contribution in [0.15, 0.2) is 78.9 Å². The van der Waals surface area contributed by atoms with Crippen molar-refractivity contribution in [3.05, 3.63) is 95.6 Å². The van der Waals surface area contributed by atoms with Crippen LogP contribution in [0, 0.1) is 26.2 Å². The summed E-state index contributed by atoms with van der Waals surface area (Å²) in [6.45, 7) is 6.38. The summed E-state index contributed by atoms with van der Waals surface area (Å²) in [5.74, 6) is 0. The summed E-state index contributed by atoms with van der Waals surface area (Å²) in [7, 11) is -1.42. The van der Waals surface area contributed by atoms with Gasteiger partial charge < -0.3 is 5.73 Å². The van der Waals surface area contributed by atoms with Gasteiger partial charge in [0.2, 0.25) is 0 Å². The fraction of sp³-hybridized carbons (Fsp3) is 0.136. The Morgan fingerprint density at radius 2 is 1.00 bits per heavy atom. The van der Waals surface area contributed by atoms with E-state index in [9.17, 15) is 4.57 Å². The van der Waals surface area contributed by atoms with Crippen LogP contribution in [-0.4, -0.2) is 6.34 Å². The number of rotatable bonds is 2. The molecule has 26 heavy (non-hydrogen) atoms. The molecule has 0 spiro atoms. The number of benzene rings is 3. The van der Waals surface area contributed by atoms with Crippen LogP contribution in [0.1, 0.15) is 16.7 Å². The van der Waals surface area contributed by atoms with Crippen molar-refractivity contribution in [2.75, 3.05) is 0 Å². The van der Waals surface area contributed by atoms with Gasteiger partial charge in [0, 0.05) is 0 Å². The van der Waals surface area contributed by atoms with Gasteiger partial charge in [-0.3, -0.25) is 5.41 Å². The first kappa shape index (κ1) is 21.3. The van der Waals surface area contributed by atoms with E-state index < -0.39 is 7.80 Å². The van der Waals surface area contributed by atoms with Crippen molar-refractivity contribution < 1.29 is 4.57 Å². The monoisotopic (exact) mass is 365 g/mol. The van der Waals surface area contributed by atoms with E-state index >= 15 is 0 Å². The second-order valence-corrected chi connectivity index (χ2v) is 7.42. The lowest BCUT2D eigenvalue weighted by molar-refractivity contribution is 0.598. The highest BCUT2D eigenvalue weighted by molar-refractivity contribution is 7.61. The standard InChI is InChI=1S/C12H10OP.C9H12.CH4N2/c13-14(11-7-3-1-4-8-11)12-9-5-2-6-10-12;1-7-4-8(2)6-9(3)5-7;2-1-3/h1-10H;4-6H,1-3H3;1H,(H3,2,3)/q+1;;. The molecule has 4 heteroatoms. The van der Waals surface area contributed by atoms with Gasteiger partial charge in [0.15, 0.2) is 10.6 Å². The van der Waals surface area contributed by atoms with Crippen LogP contribution in [0.4, 0.5) is 0 Å². The van der Waals surface area contributed by atoms with Crippen molar-refractivity contribution in [3.8, 4) is 0 Å². The minimum atomic E-state index is -1.42. The van der Waals surface area contributed by atoms with Gasteiger partial charge in [0.1, 0.15) is 0 Å². The largest absolute Gasteiger partial charge is 0.415 e. The zero-order chi connectivity index (χ0) is 19.4. The number of hydrogen-bond donors (Lipinski definition) is 2. The molecular weight excluding hydrogens is 339 g/mol. The SMILES string of the molecule is Cc1cc(C)cc(C)c1.N=CN.O=[P+](c1ccccc1)c1ccccc1. The lowest BCUT2D eigenvalue weighted by Gasteiger charge is -1.96. The molecule has 3 rings (SSSR count). The average Bonchev–Trinajstić information content (AvgIpc) is 2.63. The quantitative estimate of drug-likeness (QED) is 0.395. The van der Waals surface area contributed by atoms with Crippen molar-refractivity contribution >= 4 is 24.7 Å². The third-order valence-corrected chi connectivity index (χ3v) is 4.88. The normalized spacial score (nSPS) is 9.04. The fourth-order valence-corrected chi connectivity index (χ4v) is 3.66. The molecule has 0 saturated heterocycles. The topological polar surface area (TPSA) is 66.9 Å². The molecule has 0 aliphatic carbocycles. The van der Waals surface area contributed by atoms with Gasteiger partial charge in [-0.2, -0.15) is 0 Å². The lowest BCUT2D eigenvalue weighted by Crippen LogP contribution is -2.04. The summed E-state index contributed by atoms with van der Waals surface area (Å²) < 4.78 is 12.0. The highest BCUT2D eigenvalue weighted by Crippen LogP contribution is 2.18. The zero-order valence-electron chi connectivity index (χ0n) is 15.5. The molecule has 0 radical (unpaired) electrons. The zero-order valence-corrected chi connectivity index (χ0v) is 16.4. The maximum atomic E-state index is 12.0. The second-order valence-electron chi connectivity index (χ2n) is 5.80. The van der Waals surface area contributed by atoms with Gasteiger partial charge in [0.05, 0.1) is 6.34 Å². The number of nitrogens with one attached hydrogen (secondary N) is 1. The van der Waals surface area contributed by atoms with Gasteiger partial charge in [-0.15, -0.1) is 0 Å². The Balaban J connectivity index is 0.000000243. The van der Waals surface area contributed by atoms with Crippen LogP contribution >= 0.6 is 7.80 Å². The van der Waals surface area contributed by atoms with E-state index in [1.165, 1.54) is 16.7 Å². The molecule has 0 unspecified atom stereocenters. The smallest absolute Gasteiger partial charge is 0.390 e. The Morgan fingerprint density at radius 3 is 1.27 bits per heavy atom. The van der Waals surface area contributed by atoms with E-state index in [1.807, 2.05) is 60.7 Å². The predicted octanol–water partition coefficient (Wildman–Crippen LogP) is 4.63. The Kier molecular flexibility index (Phi) is 9.59. The molecule has 0 aliphatic heterocycles. The molecule has 3 aromatic rings. The summed E-state index contributed by atoms with van der Waals surface area (Å²) in [6.07, 6.45) is 0.750. The third-order valence-electron chi connectivity index (χ3n) is 3.35. The van der Waals surface area contributed by atoms with E-state index in [2.05, 4.69) is 44.7 Å². The second kappa shape index (κ2) is 11.7. The first-order valence-electron chi connectivity index (χ1n) is 8.31. The first-order valence-corrected chi connectivity index (χ1v) is 9.56. The highest BCUT2D eigenvalue weighted by atomic mass is 31.1. The van der Waals surface area contributed by atoms with Crippen LogP contribution < -0.4 is 16.3 Å². The van der Waals surface area contributed by atoms with Gasteiger partial charge in [-0.1, -0.05) is 75.9 Å². The van der Waals surface area contributed by atoms with E-state index in [0.29, 0.717) is 0 Å². The summed E-state index contributed by atoms with van der Waals surface area (Å²) in [6, 6.07) is 25.6. The van der Waals surface area contributed by atoms with Gasteiger partial charge in [-0.05, 0) is 45.0 Å². The molecule has 0 heterocycles. The molecule has 0 aliphatic rings. The first-order chi connectivity index (χ1) is 12.5. The van der Waals surface area contributed by atoms with Gasteiger partial charge in [-0.25, -0.2) is 0 Å². The van der Waals surface area contributed by atoms with Gasteiger partial charge >= 0.3 is 7.80 Å². The van der Waals surface area contributed by atoms with Crippen LogP contribution in [-0.2, 0) is 4.57 Å². The predicted molar refractivity (Wildman–Crippen MR) is 113 cm³/mol. The Hall–Kier alpha value is -2.77. The summed E-state index contributed by atoms with van der Waals surface area (Å²) in [5, 5.41) is 7.63. The summed E-state index contributed by atoms with van der Waals surface area (Å²) >= 11 is 0. The average molecular weight is 365 g/mol. The van der Waals surface area contributed by atoms with Crippen molar-refractivity contribution in [1.82, 2.24) is 0 Å². The van der Waals surface area contributed by atoms with E-state index in [0.717, 1.165) is 16.9 Å². The Morgan fingerprint density at radius 1 is 0.731 bits per heavy atom. The highest BCUT2D eigenvalue weighted by Gasteiger charge is 2.21. The Bertz CT molecular complexity index is 726. The molecule has 0 atom stereocenters. The molecule has 0 fully saturated rings. The van der Waals surface area contributed by atoms with E-state index in [-0.39, 0.29) is 0 Å². The third kappa shape index (κ3) is 7.87. The molecule has 134 valence electrons. The molecule has 3 aromatic carbocycles. The summed E-state index contributed by atoms with van der Waals surface area (Å²) in [4.78, 5) is 0. The lowest BCUT2D eigenvalue weighted by atomic mass is 10.1. The minimum Gasteiger partial charge on any atom is -0.390 e. The number of nitrogens with two attached hydrogens (primary N) is 1. The maximum absolute atomic E-state index is 12.0. The molecular formula is C22H26N2OP+. The molecule has 0 bridgehead atoms. The van der Waals surface area contributed by atoms with Gasteiger partial charge in [0.25, 0.3) is 0 Å². The van der Waals surface area contributed by atoms with Crippen molar-refractivity contribution in [3.63, 3.8) is 0 Å². The van der Waals surface area contributed by atoms with Crippen LogP contribution in [0.2, 0.25) is 0 Å². The van der Waals surface area contributed by atoms with Crippen LogP contribution in [0.5, 0.6) is 0 Å². The van der Waals surface area contributed by atoms with Crippen LogP contribution in [0.25, 0.3) is 0 Å². The maximum Gasteiger partial charge on any atom is 0.415 e. The molecule has 0 saturated carbocycles. The van der Waals surface area contributed by atoms with E-state index in [4.69, 9.17) is 5.41 Å². The molecule has 0 aromatic heterocycles. The van der Waals surface area contributed by atoms with Crippen molar-refractivity contribution in [1.29, 1.82) is 5.41 Å².